The van der Waals surface area contributed by atoms with Gasteiger partial charge in [0.25, 0.3) is 0 Å². The molecule has 1 aliphatic rings. The van der Waals surface area contributed by atoms with Gasteiger partial charge in [-0.05, 0) is 26.2 Å². The fraction of sp³-hybridized carbons (Fsp3) is 0.909. The monoisotopic (exact) mass is 327 g/mol. The minimum absolute atomic E-state index is 0.187. The number of sulfonamides is 1. The molecule has 0 bridgehead atoms. The van der Waals surface area contributed by atoms with Crippen LogP contribution in [0.1, 0.15) is 26.2 Å². The molecule has 118 valence electrons. The van der Waals surface area contributed by atoms with Gasteiger partial charge in [0.2, 0.25) is 10.0 Å². The Morgan fingerprint density at radius 3 is 2.40 bits per heavy atom. The van der Waals surface area contributed by atoms with E-state index in [1.807, 2.05) is 0 Å². The van der Waals surface area contributed by atoms with E-state index < -0.39 is 43.4 Å². The maximum atomic E-state index is 12.2. The number of hydrogen-bond acceptors (Lipinski definition) is 6. The molecule has 9 heteroatoms. The van der Waals surface area contributed by atoms with Crippen LogP contribution in [-0.2, 0) is 29.4 Å². The molecule has 0 aliphatic carbocycles. The molecule has 1 aliphatic heterocycles. The minimum Gasteiger partial charge on any atom is -0.465 e. The van der Waals surface area contributed by atoms with Crippen LogP contribution in [0.15, 0.2) is 0 Å². The molecule has 1 fully saturated rings. The van der Waals surface area contributed by atoms with Gasteiger partial charge in [-0.15, -0.1) is 0 Å². The van der Waals surface area contributed by atoms with Gasteiger partial charge in [0.1, 0.15) is 15.9 Å². The van der Waals surface area contributed by atoms with Gasteiger partial charge in [0, 0.05) is 12.8 Å². The first-order chi connectivity index (χ1) is 9.17. The van der Waals surface area contributed by atoms with Gasteiger partial charge < -0.3 is 4.74 Å². The molecule has 0 amide bonds. The molecule has 1 rings (SSSR count). The van der Waals surface area contributed by atoms with Crippen molar-refractivity contribution in [3.05, 3.63) is 0 Å². The summed E-state index contributed by atoms with van der Waals surface area (Å²) in [6.07, 6.45) is 2.81. The Morgan fingerprint density at radius 2 is 1.85 bits per heavy atom. The number of ether oxygens (including phenoxy) is 1. The summed E-state index contributed by atoms with van der Waals surface area (Å²) in [4.78, 5) is 11.8. The highest BCUT2D eigenvalue weighted by Crippen LogP contribution is 2.22. The fourth-order valence-corrected chi connectivity index (χ4v) is 5.36. The quantitative estimate of drug-likeness (QED) is 0.626. The Morgan fingerprint density at radius 1 is 1.20 bits per heavy atom. The molecule has 7 nitrogen and oxygen atoms in total. The summed E-state index contributed by atoms with van der Waals surface area (Å²) >= 11 is 0. The van der Waals surface area contributed by atoms with Crippen LogP contribution in [0, 0.1) is 0 Å². The van der Waals surface area contributed by atoms with Gasteiger partial charge in [-0.2, -0.15) is 4.31 Å². The minimum atomic E-state index is -3.78. The summed E-state index contributed by atoms with van der Waals surface area (Å²) in [5.41, 5.74) is 0. The molecule has 0 N–H and O–H groups in total. The van der Waals surface area contributed by atoms with Crippen LogP contribution in [0.25, 0.3) is 0 Å². The molecular weight excluding hydrogens is 306 g/mol. The molecule has 0 aromatic heterocycles. The molecule has 20 heavy (non-hydrogen) atoms. The molecule has 1 unspecified atom stereocenters. The number of nitrogens with zero attached hydrogens (tertiary/aromatic N) is 1. The summed E-state index contributed by atoms with van der Waals surface area (Å²) in [6, 6.07) is -0.826. The van der Waals surface area contributed by atoms with Crippen LogP contribution in [0.3, 0.4) is 0 Å². The lowest BCUT2D eigenvalue weighted by Gasteiger charge is -2.32. The standard InChI is InChI=1S/C11H21NO6S2/c1-3-18-11(13)10-6-4-5-7-12(10)20(16,17)9-8-19(2,14)15/h10H,3-9H2,1-2H3. The zero-order chi connectivity index (χ0) is 15.4. The topological polar surface area (TPSA) is 97.8 Å². The highest BCUT2D eigenvalue weighted by molar-refractivity contribution is 7.93. The van der Waals surface area contributed by atoms with Gasteiger partial charge in [-0.1, -0.05) is 0 Å². The van der Waals surface area contributed by atoms with E-state index in [-0.39, 0.29) is 13.2 Å². The lowest BCUT2D eigenvalue weighted by Crippen LogP contribution is -2.49. The second-order valence-electron chi connectivity index (χ2n) is 4.82. The van der Waals surface area contributed by atoms with Crippen LogP contribution in [0.4, 0.5) is 0 Å². The van der Waals surface area contributed by atoms with Gasteiger partial charge >= 0.3 is 5.97 Å². The highest BCUT2D eigenvalue weighted by atomic mass is 32.2. The number of carbonyl (C=O) groups excluding carboxylic acids is 1. The Kier molecular flexibility index (Phi) is 5.96. The molecule has 0 aromatic carbocycles. The van der Waals surface area contributed by atoms with E-state index in [1.165, 1.54) is 0 Å². The van der Waals surface area contributed by atoms with Gasteiger partial charge in [0.15, 0.2) is 0 Å². The lowest BCUT2D eigenvalue weighted by atomic mass is 10.1. The average molecular weight is 327 g/mol. The van der Waals surface area contributed by atoms with Crippen LogP contribution in [0.2, 0.25) is 0 Å². The van der Waals surface area contributed by atoms with Crippen LogP contribution < -0.4 is 0 Å². The predicted molar refractivity (Wildman–Crippen MR) is 74.5 cm³/mol. The van der Waals surface area contributed by atoms with E-state index in [9.17, 15) is 21.6 Å². The van der Waals surface area contributed by atoms with Crippen molar-refractivity contribution in [2.45, 2.75) is 32.2 Å². The number of sulfone groups is 1. The van der Waals surface area contributed by atoms with E-state index in [0.29, 0.717) is 12.8 Å². The van der Waals surface area contributed by atoms with Crippen molar-refractivity contribution in [3.8, 4) is 0 Å². The van der Waals surface area contributed by atoms with E-state index in [2.05, 4.69) is 0 Å². The Hall–Kier alpha value is -0.670. The van der Waals surface area contributed by atoms with Gasteiger partial charge in [-0.25, -0.2) is 16.8 Å². The van der Waals surface area contributed by atoms with Crippen molar-refractivity contribution < 1.29 is 26.4 Å². The van der Waals surface area contributed by atoms with Crippen molar-refractivity contribution >= 4 is 25.8 Å². The van der Waals surface area contributed by atoms with Crippen LogP contribution in [-0.4, -0.2) is 64.1 Å². The summed E-state index contributed by atoms with van der Waals surface area (Å²) in [5.74, 6) is -1.50. The molecule has 1 saturated heterocycles. The first-order valence-corrected chi connectivity index (χ1v) is 10.2. The first kappa shape index (κ1) is 17.4. The first-order valence-electron chi connectivity index (χ1n) is 6.51. The van der Waals surface area contributed by atoms with Crippen LogP contribution in [0.5, 0.6) is 0 Å². The Balaban J connectivity index is 2.86. The second-order valence-corrected chi connectivity index (χ2v) is 9.12. The third-order valence-corrected chi connectivity index (χ3v) is 6.16. The van der Waals surface area contributed by atoms with Crippen molar-refractivity contribution in [2.75, 3.05) is 30.9 Å². The SMILES string of the molecule is CCOC(=O)C1CCCCN1S(=O)(=O)CCS(C)(=O)=O. The maximum absolute atomic E-state index is 12.2. The average Bonchev–Trinajstić information content (AvgIpc) is 2.36. The zero-order valence-corrected chi connectivity index (χ0v) is 13.4. The molecule has 1 atom stereocenters. The molecule has 0 saturated carbocycles. The summed E-state index contributed by atoms with van der Waals surface area (Å²) < 4.78 is 52.6. The highest BCUT2D eigenvalue weighted by Gasteiger charge is 2.37. The Labute approximate surface area is 120 Å². The number of hydrogen-bond donors (Lipinski definition) is 0. The zero-order valence-electron chi connectivity index (χ0n) is 11.7. The number of rotatable bonds is 6. The normalized spacial score (nSPS) is 21.6. The predicted octanol–water partition coefficient (Wildman–Crippen LogP) is -0.222. The van der Waals surface area contributed by atoms with E-state index in [1.54, 1.807) is 6.92 Å². The van der Waals surface area contributed by atoms with Gasteiger partial charge in [-0.3, -0.25) is 4.79 Å². The van der Waals surface area contributed by atoms with E-state index in [4.69, 9.17) is 4.74 Å². The van der Waals surface area contributed by atoms with E-state index >= 15 is 0 Å². The Bertz CT molecular complexity index is 539. The third-order valence-electron chi connectivity index (χ3n) is 3.08. The fourth-order valence-electron chi connectivity index (χ4n) is 2.09. The molecule has 1 heterocycles. The van der Waals surface area contributed by atoms with Gasteiger partial charge in [0.05, 0.1) is 18.1 Å². The van der Waals surface area contributed by atoms with Crippen molar-refractivity contribution in [2.24, 2.45) is 0 Å². The molecule has 0 aromatic rings. The number of esters is 1. The van der Waals surface area contributed by atoms with Crippen molar-refractivity contribution in [1.29, 1.82) is 0 Å². The number of carbonyl (C=O) groups is 1. The van der Waals surface area contributed by atoms with Crippen molar-refractivity contribution in [1.82, 2.24) is 4.31 Å². The maximum Gasteiger partial charge on any atom is 0.324 e. The smallest absolute Gasteiger partial charge is 0.324 e. The lowest BCUT2D eigenvalue weighted by molar-refractivity contribution is -0.148. The molecule has 0 radical (unpaired) electrons. The van der Waals surface area contributed by atoms with Crippen molar-refractivity contribution in [3.63, 3.8) is 0 Å². The molecule has 0 spiro atoms. The molecular formula is C11H21NO6S2. The van der Waals surface area contributed by atoms with E-state index in [0.717, 1.165) is 17.0 Å². The number of piperidine rings is 1. The summed E-state index contributed by atoms with van der Waals surface area (Å²) in [6.45, 7) is 2.07. The second kappa shape index (κ2) is 6.86. The van der Waals surface area contributed by atoms with Crippen LogP contribution >= 0.6 is 0 Å². The summed E-state index contributed by atoms with van der Waals surface area (Å²) in [5, 5.41) is 0. The summed E-state index contributed by atoms with van der Waals surface area (Å²) in [7, 11) is -7.14. The largest absolute Gasteiger partial charge is 0.465 e. The third kappa shape index (κ3) is 5.02.